The van der Waals surface area contributed by atoms with Crippen molar-refractivity contribution in [1.29, 1.82) is 0 Å². The van der Waals surface area contributed by atoms with Gasteiger partial charge in [-0.25, -0.2) is 8.78 Å². The summed E-state index contributed by atoms with van der Waals surface area (Å²) < 4.78 is 33.5. The van der Waals surface area contributed by atoms with Crippen LogP contribution in [0.3, 0.4) is 0 Å². The molecule has 2 unspecified atom stereocenters. The van der Waals surface area contributed by atoms with Gasteiger partial charge in [-0.3, -0.25) is 0 Å². The van der Waals surface area contributed by atoms with E-state index >= 15 is 0 Å². The minimum absolute atomic E-state index is 0.0956. The van der Waals surface area contributed by atoms with Gasteiger partial charge in [0.15, 0.2) is 5.82 Å². The summed E-state index contributed by atoms with van der Waals surface area (Å²) in [5.41, 5.74) is 0. The predicted octanol–water partition coefficient (Wildman–Crippen LogP) is 1.61. The molecule has 0 bridgehead atoms. The minimum Gasteiger partial charge on any atom is -0.375 e. The third-order valence-corrected chi connectivity index (χ3v) is 2.79. The van der Waals surface area contributed by atoms with Crippen LogP contribution in [0.4, 0.5) is 8.78 Å². The number of halogens is 2. The third-order valence-electron chi connectivity index (χ3n) is 2.79. The van der Waals surface area contributed by atoms with Gasteiger partial charge in [0.1, 0.15) is 6.61 Å². The lowest BCUT2D eigenvalue weighted by atomic mass is 10.0. The van der Waals surface area contributed by atoms with Crippen LogP contribution in [0.1, 0.15) is 31.5 Å². The van der Waals surface area contributed by atoms with E-state index < -0.39 is 13.0 Å². The van der Waals surface area contributed by atoms with Crippen molar-refractivity contribution >= 4 is 0 Å². The summed E-state index contributed by atoms with van der Waals surface area (Å²) in [7, 11) is 1.86. The zero-order valence-corrected chi connectivity index (χ0v) is 10.8. The smallest absolute Gasteiger partial charge is 0.261 e. The Labute approximate surface area is 105 Å². The zero-order valence-electron chi connectivity index (χ0n) is 10.8. The number of hydrogen-bond acceptors (Lipinski definition) is 5. The minimum atomic E-state index is -2.44. The van der Waals surface area contributed by atoms with Crippen LogP contribution in [0.2, 0.25) is 0 Å². The van der Waals surface area contributed by atoms with Crippen LogP contribution in [-0.4, -0.2) is 42.9 Å². The van der Waals surface area contributed by atoms with Crippen LogP contribution in [-0.2, 0) is 11.2 Å². The SMILES string of the molecule is CNC(C)C(C)c1nc(CCOCC(F)F)no1. The molecule has 1 heterocycles. The van der Waals surface area contributed by atoms with Gasteiger partial charge < -0.3 is 14.6 Å². The number of hydrogen-bond donors (Lipinski definition) is 1. The van der Waals surface area contributed by atoms with E-state index in [1.54, 1.807) is 0 Å². The number of nitrogens with zero attached hydrogens (tertiary/aromatic N) is 2. The van der Waals surface area contributed by atoms with Crippen LogP contribution in [0.15, 0.2) is 4.52 Å². The fourth-order valence-electron chi connectivity index (χ4n) is 1.35. The van der Waals surface area contributed by atoms with Gasteiger partial charge in [0, 0.05) is 12.5 Å². The molecular weight excluding hydrogens is 244 g/mol. The lowest BCUT2D eigenvalue weighted by Crippen LogP contribution is -2.27. The number of nitrogens with one attached hydrogen (secondary N) is 1. The summed E-state index contributed by atoms with van der Waals surface area (Å²) in [5.74, 6) is 1.12. The van der Waals surface area contributed by atoms with Crippen LogP contribution in [0.5, 0.6) is 0 Å². The zero-order chi connectivity index (χ0) is 13.5. The van der Waals surface area contributed by atoms with Gasteiger partial charge >= 0.3 is 0 Å². The highest BCUT2D eigenvalue weighted by molar-refractivity contribution is 4.96. The Kier molecular flexibility index (Phi) is 6.14. The van der Waals surface area contributed by atoms with E-state index in [9.17, 15) is 8.78 Å². The topological polar surface area (TPSA) is 60.2 Å². The molecule has 0 spiro atoms. The van der Waals surface area contributed by atoms with Gasteiger partial charge in [0.2, 0.25) is 5.89 Å². The van der Waals surface area contributed by atoms with Crippen LogP contribution in [0, 0.1) is 0 Å². The first-order valence-electron chi connectivity index (χ1n) is 5.90. The van der Waals surface area contributed by atoms with Crippen molar-refractivity contribution in [3.63, 3.8) is 0 Å². The average molecular weight is 263 g/mol. The maximum atomic E-state index is 11.8. The van der Waals surface area contributed by atoms with Gasteiger partial charge in [-0.2, -0.15) is 4.98 Å². The lowest BCUT2D eigenvalue weighted by Gasteiger charge is -2.14. The highest BCUT2D eigenvalue weighted by Crippen LogP contribution is 2.16. The van der Waals surface area contributed by atoms with Crippen molar-refractivity contribution in [2.45, 2.75) is 38.7 Å². The first-order chi connectivity index (χ1) is 8.54. The fraction of sp³-hybridized carbons (Fsp3) is 0.818. The molecule has 2 atom stereocenters. The highest BCUT2D eigenvalue weighted by Gasteiger charge is 2.19. The summed E-state index contributed by atoms with van der Waals surface area (Å²) in [6, 6.07) is 0.216. The Morgan fingerprint density at radius 3 is 2.72 bits per heavy atom. The molecule has 0 aliphatic carbocycles. The Morgan fingerprint density at radius 2 is 2.11 bits per heavy atom. The molecule has 5 nitrogen and oxygen atoms in total. The maximum absolute atomic E-state index is 11.8. The van der Waals surface area contributed by atoms with E-state index in [1.165, 1.54) is 0 Å². The summed E-state index contributed by atoms with van der Waals surface area (Å²) in [6.07, 6.45) is -2.07. The van der Waals surface area contributed by atoms with Crippen molar-refractivity contribution < 1.29 is 18.0 Å². The van der Waals surface area contributed by atoms with E-state index in [1.807, 2.05) is 20.9 Å². The van der Waals surface area contributed by atoms with Gasteiger partial charge in [0.25, 0.3) is 6.43 Å². The maximum Gasteiger partial charge on any atom is 0.261 e. The summed E-state index contributed by atoms with van der Waals surface area (Å²) in [5, 5.41) is 6.89. The van der Waals surface area contributed by atoms with Gasteiger partial charge in [-0.05, 0) is 14.0 Å². The molecule has 1 aromatic heterocycles. The van der Waals surface area contributed by atoms with Crippen LogP contribution < -0.4 is 5.32 Å². The molecule has 0 saturated heterocycles. The molecule has 1 N–H and O–H groups in total. The predicted molar refractivity (Wildman–Crippen MR) is 61.8 cm³/mol. The fourth-order valence-corrected chi connectivity index (χ4v) is 1.35. The number of aromatic nitrogens is 2. The highest BCUT2D eigenvalue weighted by atomic mass is 19.3. The van der Waals surface area contributed by atoms with Crippen molar-refractivity contribution in [3.05, 3.63) is 11.7 Å². The second kappa shape index (κ2) is 7.38. The molecule has 0 radical (unpaired) electrons. The Balaban J connectivity index is 2.38. The quantitative estimate of drug-likeness (QED) is 0.722. The number of alkyl halides is 2. The molecule has 1 aromatic rings. The number of likely N-dealkylation sites (N-methyl/N-ethyl adjacent to an activating group) is 1. The van der Waals surface area contributed by atoms with Crippen molar-refractivity contribution in [2.75, 3.05) is 20.3 Å². The Bertz CT molecular complexity index is 347. The molecule has 7 heteroatoms. The number of rotatable bonds is 8. The lowest BCUT2D eigenvalue weighted by molar-refractivity contribution is 0.0182. The molecule has 1 rings (SSSR count). The first-order valence-corrected chi connectivity index (χ1v) is 5.90. The standard InChI is InChI=1S/C11H19F2N3O2/c1-7(8(2)14-3)11-15-10(16-18-11)4-5-17-6-9(12)13/h7-9,14H,4-6H2,1-3H3. The Morgan fingerprint density at radius 1 is 1.39 bits per heavy atom. The molecule has 0 aliphatic rings. The monoisotopic (exact) mass is 263 g/mol. The normalized spacial score (nSPS) is 15.0. The van der Waals surface area contributed by atoms with Gasteiger partial charge in [-0.1, -0.05) is 12.1 Å². The summed E-state index contributed by atoms with van der Waals surface area (Å²) >= 11 is 0. The van der Waals surface area contributed by atoms with Crippen LogP contribution in [0.25, 0.3) is 0 Å². The van der Waals surface area contributed by atoms with Crippen LogP contribution >= 0.6 is 0 Å². The molecule has 0 fully saturated rings. The Hall–Kier alpha value is -1.08. The molecule has 104 valence electrons. The van der Waals surface area contributed by atoms with Gasteiger partial charge in [-0.15, -0.1) is 0 Å². The number of ether oxygens (including phenoxy) is 1. The summed E-state index contributed by atoms with van der Waals surface area (Å²) in [6.45, 7) is 3.60. The van der Waals surface area contributed by atoms with Crippen molar-refractivity contribution in [3.8, 4) is 0 Å². The third kappa shape index (κ3) is 4.66. The van der Waals surface area contributed by atoms with E-state index in [2.05, 4.69) is 15.5 Å². The second-order valence-electron chi connectivity index (χ2n) is 4.13. The second-order valence-corrected chi connectivity index (χ2v) is 4.13. The molecule has 18 heavy (non-hydrogen) atoms. The summed E-state index contributed by atoms with van der Waals surface area (Å²) in [4.78, 5) is 4.21. The molecule has 0 aromatic carbocycles. The largest absolute Gasteiger partial charge is 0.375 e. The first kappa shape index (κ1) is 15.0. The van der Waals surface area contributed by atoms with Gasteiger partial charge in [0.05, 0.1) is 12.5 Å². The molecule has 0 saturated carbocycles. The average Bonchev–Trinajstić information content (AvgIpc) is 2.81. The molecule has 0 amide bonds. The van der Waals surface area contributed by atoms with E-state index in [4.69, 9.17) is 9.26 Å². The molecule has 0 aliphatic heterocycles. The van der Waals surface area contributed by atoms with E-state index in [0.29, 0.717) is 18.1 Å². The van der Waals surface area contributed by atoms with Crippen molar-refractivity contribution in [2.24, 2.45) is 0 Å². The van der Waals surface area contributed by atoms with Crippen molar-refractivity contribution in [1.82, 2.24) is 15.5 Å². The van der Waals surface area contributed by atoms with E-state index in [0.717, 1.165) is 0 Å². The van der Waals surface area contributed by atoms with E-state index in [-0.39, 0.29) is 18.6 Å². The molecular formula is C11H19F2N3O2.